The van der Waals surface area contributed by atoms with Gasteiger partial charge in [-0.1, -0.05) is 12.0 Å². The Morgan fingerprint density at radius 1 is 1.09 bits per heavy atom. The van der Waals surface area contributed by atoms with Crippen LogP contribution in [0.1, 0.15) is 38.5 Å². The van der Waals surface area contributed by atoms with Gasteiger partial charge in [-0.25, -0.2) is 0 Å². The van der Waals surface area contributed by atoms with Gasteiger partial charge in [-0.05, 0) is 38.0 Å². The molecule has 0 aromatic heterocycles. The van der Waals surface area contributed by atoms with Crippen molar-refractivity contribution in [1.82, 2.24) is 0 Å². The van der Waals surface area contributed by atoms with Crippen LogP contribution in [0.2, 0.25) is 0 Å². The first-order valence-corrected chi connectivity index (χ1v) is 4.27. The predicted molar refractivity (Wildman–Crippen MR) is 38.2 cm³/mol. The van der Waals surface area contributed by atoms with Crippen molar-refractivity contribution in [2.24, 2.45) is 5.92 Å². The summed E-state index contributed by atoms with van der Waals surface area (Å²) in [4.78, 5) is 0. The van der Waals surface area contributed by atoms with Crippen molar-refractivity contribution in [2.75, 3.05) is 0 Å². The Bertz CT molecular complexity index is 174. The first-order valence-electron chi connectivity index (χ1n) is 4.27. The second-order valence-electron chi connectivity index (χ2n) is 3.43. The van der Waals surface area contributed by atoms with Gasteiger partial charge in [0.2, 0.25) is 0 Å². The van der Waals surface area contributed by atoms with E-state index in [0.29, 0.717) is 11.7 Å². The van der Waals surface area contributed by atoms with Gasteiger partial charge in [0.15, 0.2) is 0 Å². The average molecular weight is 144 g/mol. The van der Waals surface area contributed by atoms with E-state index in [2.05, 4.69) is 0 Å². The maximum absolute atomic E-state index is 11.2. The van der Waals surface area contributed by atoms with Crippen LogP contribution in [0.4, 0.5) is 0 Å². The fourth-order valence-corrected chi connectivity index (χ4v) is 2.24. The van der Waals surface area contributed by atoms with E-state index in [1.54, 1.807) is 0 Å². The Balaban J connectivity index is 0.000000605. The van der Waals surface area contributed by atoms with Gasteiger partial charge in [-0.2, -0.15) is 0 Å². The van der Waals surface area contributed by atoms with Gasteiger partial charge in [0, 0.05) is 0 Å². The zero-order valence-corrected chi connectivity index (χ0v) is 7.23. The summed E-state index contributed by atoms with van der Waals surface area (Å²) in [6.07, 6.45) is 7.03. The van der Waals surface area contributed by atoms with Gasteiger partial charge >= 0.3 is 18.9 Å². The monoisotopic (exact) mass is 144 g/mol. The minimum atomic E-state index is 0. The van der Waals surface area contributed by atoms with Crippen LogP contribution in [0.15, 0.2) is 11.3 Å². The van der Waals surface area contributed by atoms with Crippen molar-refractivity contribution in [1.29, 1.82) is 0 Å². The maximum atomic E-state index is 11.2. The van der Waals surface area contributed by atoms with Crippen molar-refractivity contribution < 1.29 is 24.0 Å². The molecule has 0 N–H and O–H groups in total. The molecule has 0 aromatic rings. The van der Waals surface area contributed by atoms with E-state index in [1.165, 1.54) is 24.8 Å². The van der Waals surface area contributed by atoms with Gasteiger partial charge in [0.05, 0.1) is 0 Å². The molecule has 0 saturated heterocycles. The third-order valence-corrected chi connectivity index (χ3v) is 2.82. The van der Waals surface area contributed by atoms with E-state index >= 15 is 0 Å². The predicted octanol–water partition coefficient (Wildman–Crippen LogP) is -1.41. The van der Waals surface area contributed by atoms with Crippen LogP contribution in [0, 0.1) is 5.92 Å². The largest absolute Gasteiger partial charge is 1.00 e. The van der Waals surface area contributed by atoms with E-state index < -0.39 is 0 Å². The van der Waals surface area contributed by atoms with Crippen molar-refractivity contribution in [2.45, 2.75) is 38.5 Å². The zero-order valence-electron chi connectivity index (χ0n) is 7.23. The van der Waals surface area contributed by atoms with Crippen LogP contribution >= 0.6 is 0 Å². The fourth-order valence-electron chi connectivity index (χ4n) is 2.24. The molecule has 1 saturated carbocycles. The van der Waals surface area contributed by atoms with Crippen LogP contribution in [0.3, 0.4) is 0 Å². The Labute approximate surface area is 80.0 Å². The van der Waals surface area contributed by atoms with Crippen molar-refractivity contribution in [3.05, 3.63) is 11.3 Å². The Hall–Kier alpha value is 0.137. The molecule has 1 atom stereocenters. The van der Waals surface area contributed by atoms with Gasteiger partial charge < -0.3 is 5.11 Å². The number of hydrogen-bond donors (Lipinski definition) is 0. The molecule has 0 aromatic carbocycles. The summed E-state index contributed by atoms with van der Waals surface area (Å²) in [6, 6.07) is 0. The first kappa shape index (κ1) is 9.23. The Morgan fingerprint density at radius 3 is 2.64 bits per heavy atom. The molecule has 11 heavy (non-hydrogen) atoms. The molecule has 2 rings (SSSR count). The minimum Gasteiger partial charge on any atom is -0.875 e. The quantitative estimate of drug-likeness (QED) is 0.383. The van der Waals surface area contributed by atoms with Crippen LogP contribution in [0.5, 0.6) is 0 Å². The van der Waals surface area contributed by atoms with Crippen LogP contribution in [-0.2, 0) is 0 Å². The first-order chi connectivity index (χ1) is 4.88. The summed E-state index contributed by atoms with van der Waals surface area (Å²) in [5.74, 6) is 1.19. The van der Waals surface area contributed by atoms with Gasteiger partial charge in [0.1, 0.15) is 0 Å². The number of rotatable bonds is 0. The molecule has 0 bridgehead atoms. The molecule has 0 radical (unpaired) electrons. The van der Waals surface area contributed by atoms with Crippen molar-refractivity contribution >= 4 is 0 Å². The SMILES string of the molecule is [Li+].[O-]C1=C2CCCC[C@@H]2CC1. The van der Waals surface area contributed by atoms with E-state index in [1.807, 2.05) is 0 Å². The van der Waals surface area contributed by atoms with E-state index in [9.17, 15) is 5.11 Å². The Morgan fingerprint density at radius 2 is 1.91 bits per heavy atom. The summed E-state index contributed by atoms with van der Waals surface area (Å²) in [5, 5.41) is 11.2. The number of allylic oxidation sites excluding steroid dienone is 2. The van der Waals surface area contributed by atoms with Crippen LogP contribution < -0.4 is 24.0 Å². The molecular weight excluding hydrogens is 131 g/mol. The molecular formula is C9H13LiO. The summed E-state index contributed by atoms with van der Waals surface area (Å²) in [6.45, 7) is 0. The summed E-state index contributed by atoms with van der Waals surface area (Å²) in [7, 11) is 0. The minimum absolute atomic E-state index is 0. The molecule has 2 aliphatic carbocycles. The maximum Gasteiger partial charge on any atom is 1.00 e. The molecule has 0 unspecified atom stereocenters. The number of hydrogen-bond acceptors (Lipinski definition) is 1. The van der Waals surface area contributed by atoms with Crippen LogP contribution in [0.25, 0.3) is 0 Å². The molecule has 0 spiro atoms. The van der Waals surface area contributed by atoms with E-state index in [4.69, 9.17) is 0 Å². The third kappa shape index (κ3) is 1.66. The van der Waals surface area contributed by atoms with Gasteiger partial charge in [0.25, 0.3) is 0 Å². The van der Waals surface area contributed by atoms with Crippen molar-refractivity contribution in [3.8, 4) is 0 Å². The summed E-state index contributed by atoms with van der Waals surface area (Å²) in [5.41, 5.74) is 1.28. The molecule has 2 aliphatic rings. The normalized spacial score (nSPS) is 29.6. The van der Waals surface area contributed by atoms with Crippen molar-refractivity contribution in [3.63, 3.8) is 0 Å². The van der Waals surface area contributed by atoms with Gasteiger partial charge in [-0.15, -0.1) is 5.76 Å². The fraction of sp³-hybridized carbons (Fsp3) is 0.778. The van der Waals surface area contributed by atoms with E-state index in [0.717, 1.165) is 19.3 Å². The second kappa shape index (κ2) is 3.69. The van der Waals surface area contributed by atoms with Crippen LogP contribution in [-0.4, -0.2) is 0 Å². The number of fused-ring (bicyclic) bond motifs is 1. The van der Waals surface area contributed by atoms with Gasteiger partial charge in [-0.3, -0.25) is 0 Å². The molecule has 0 heterocycles. The summed E-state index contributed by atoms with van der Waals surface area (Å²) < 4.78 is 0. The average Bonchev–Trinajstić information content (AvgIpc) is 2.34. The standard InChI is InChI=1S/C9H14O.Li/c10-9-6-5-7-3-1-2-4-8(7)9;/h7,10H,1-6H2;/q;+1/p-1/t7-;/m1./s1. The topological polar surface area (TPSA) is 23.1 Å². The molecule has 56 valence electrons. The summed E-state index contributed by atoms with van der Waals surface area (Å²) >= 11 is 0. The van der Waals surface area contributed by atoms with E-state index in [-0.39, 0.29) is 18.9 Å². The molecule has 0 aliphatic heterocycles. The molecule has 1 fully saturated rings. The zero-order chi connectivity index (χ0) is 6.97. The molecule has 1 nitrogen and oxygen atoms in total. The smallest absolute Gasteiger partial charge is 0.875 e. The third-order valence-electron chi connectivity index (χ3n) is 2.82. The Kier molecular flexibility index (Phi) is 3.10. The second-order valence-corrected chi connectivity index (χ2v) is 3.43. The molecule has 0 amide bonds. The molecule has 2 heteroatoms.